The fourth-order valence-corrected chi connectivity index (χ4v) is 4.64. The lowest BCUT2D eigenvalue weighted by Gasteiger charge is -2.41. The Bertz CT molecular complexity index is 1050. The van der Waals surface area contributed by atoms with E-state index in [1.54, 1.807) is 19.1 Å². The molecule has 2 unspecified atom stereocenters. The molecule has 0 saturated carbocycles. The van der Waals surface area contributed by atoms with Gasteiger partial charge in [0.05, 0.1) is 31.9 Å². The summed E-state index contributed by atoms with van der Waals surface area (Å²) in [5.74, 6) is 0.778. The van der Waals surface area contributed by atoms with Gasteiger partial charge in [-0.1, -0.05) is 18.2 Å². The second kappa shape index (κ2) is 9.22. The van der Waals surface area contributed by atoms with Crippen molar-refractivity contribution in [1.82, 2.24) is 0 Å². The predicted molar refractivity (Wildman–Crippen MR) is 122 cm³/mol. The van der Waals surface area contributed by atoms with Gasteiger partial charge in [-0.15, -0.1) is 0 Å². The lowest BCUT2D eigenvalue weighted by Crippen LogP contribution is -2.47. The monoisotopic (exact) mass is 436 g/mol. The Morgan fingerprint density at radius 3 is 2.52 bits per heavy atom. The van der Waals surface area contributed by atoms with E-state index in [4.69, 9.17) is 9.47 Å². The Labute approximate surface area is 185 Å². The second-order valence-electron chi connectivity index (χ2n) is 7.29. The molecular weight excluding hydrogens is 412 g/mol. The number of carbonyl (C=O) groups excluding carboxylic acids is 2. The van der Waals surface area contributed by atoms with Crippen molar-refractivity contribution < 1.29 is 19.1 Å². The third kappa shape index (κ3) is 4.27. The van der Waals surface area contributed by atoms with Gasteiger partial charge in [0.15, 0.2) is 0 Å². The van der Waals surface area contributed by atoms with Crippen LogP contribution in [0.2, 0.25) is 0 Å². The minimum atomic E-state index is -0.496. The van der Waals surface area contributed by atoms with E-state index in [0.717, 1.165) is 16.9 Å². The Hall–Kier alpha value is -3.32. The average Bonchev–Trinajstić information content (AvgIpc) is 3.32. The Kier molecular flexibility index (Phi) is 6.23. The van der Waals surface area contributed by atoms with Crippen molar-refractivity contribution in [2.75, 3.05) is 24.4 Å². The van der Waals surface area contributed by atoms with Crippen LogP contribution in [0.1, 0.15) is 24.4 Å². The van der Waals surface area contributed by atoms with Gasteiger partial charge < -0.3 is 19.7 Å². The van der Waals surface area contributed by atoms with Gasteiger partial charge in [0.25, 0.3) is 0 Å². The van der Waals surface area contributed by atoms with Crippen LogP contribution in [0.25, 0.3) is 0 Å². The predicted octanol–water partition coefficient (Wildman–Crippen LogP) is 4.89. The highest BCUT2D eigenvalue weighted by atomic mass is 32.1. The summed E-state index contributed by atoms with van der Waals surface area (Å²) in [6.45, 7) is 0. The van der Waals surface area contributed by atoms with Crippen LogP contribution in [0.3, 0.4) is 0 Å². The van der Waals surface area contributed by atoms with E-state index in [-0.39, 0.29) is 11.8 Å². The van der Waals surface area contributed by atoms with Crippen LogP contribution in [0.4, 0.5) is 11.4 Å². The van der Waals surface area contributed by atoms with Crippen LogP contribution in [-0.2, 0) is 9.59 Å². The zero-order valence-corrected chi connectivity index (χ0v) is 18.2. The summed E-state index contributed by atoms with van der Waals surface area (Å²) in [6.07, 6.45) is 0.754. The number of hydrogen-bond acceptors (Lipinski definition) is 5. The minimum absolute atomic E-state index is 0.0272. The first-order valence-corrected chi connectivity index (χ1v) is 11.0. The van der Waals surface area contributed by atoms with Crippen molar-refractivity contribution >= 4 is 34.5 Å². The fourth-order valence-electron chi connectivity index (χ4n) is 4.05. The molecule has 1 aromatic heterocycles. The molecule has 3 aromatic rings. The summed E-state index contributed by atoms with van der Waals surface area (Å²) in [6, 6.07) is 16.3. The molecule has 1 N–H and O–H groups in total. The van der Waals surface area contributed by atoms with Crippen LogP contribution in [0.5, 0.6) is 11.5 Å². The van der Waals surface area contributed by atoms with Gasteiger partial charge >= 0.3 is 0 Å². The highest BCUT2D eigenvalue weighted by molar-refractivity contribution is 7.08. The maximum atomic E-state index is 13.3. The summed E-state index contributed by atoms with van der Waals surface area (Å²) in [4.78, 5) is 28.2. The smallest absolute Gasteiger partial charge is 0.229 e. The summed E-state index contributed by atoms with van der Waals surface area (Å²) in [5.41, 5.74) is 2.29. The van der Waals surface area contributed by atoms with E-state index in [1.807, 2.05) is 65.4 Å². The van der Waals surface area contributed by atoms with Gasteiger partial charge in [-0.25, -0.2) is 0 Å². The number of benzene rings is 2. The number of carbonyl (C=O) groups is 2. The van der Waals surface area contributed by atoms with Crippen LogP contribution in [0, 0.1) is 5.92 Å². The number of anilines is 2. The molecule has 31 heavy (non-hydrogen) atoms. The highest BCUT2D eigenvalue weighted by Crippen LogP contribution is 2.43. The third-order valence-electron chi connectivity index (χ3n) is 5.53. The van der Waals surface area contributed by atoms with Crippen molar-refractivity contribution in [3.63, 3.8) is 0 Å². The van der Waals surface area contributed by atoms with E-state index in [9.17, 15) is 9.59 Å². The highest BCUT2D eigenvalue weighted by Gasteiger charge is 2.42. The molecule has 0 bridgehead atoms. The van der Waals surface area contributed by atoms with Gasteiger partial charge in [-0.3, -0.25) is 9.59 Å². The Morgan fingerprint density at radius 1 is 1.06 bits per heavy atom. The number of ether oxygens (including phenoxy) is 2. The summed E-state index contributed by atoms with van der Waals surface area (Å²) < 4.78 is 10.9. The van der Waals surface area contributed by atoms with Crippen molar-refractivity contribution in [2.24, 2.45) is 5.92 Å². The molecule has 0 spiro atoms. The van der Waals surface area contributed by atoms with Crippen LogP contribution in [0.15, 0.2) is 65.4 Å². The third-order valence-corrected chi connectivity index (χ3v) is 6.21. The molecule has 160 valence electrons. The SMILES string of the molecule is COc1ccc(N2C(=O)CCC(C(=O)Nc3ccsc3)C2c2ccccc2OC)cc1. The lowest BCUT2D eigenvalue weighted by molar-refractivity contribution is -0.125. The largest absolute Gasteiger partial charge is 0.497 e. The first kappa shape index (κ1) is 20.9. The Morgan fingerprint density at radius 2 is 1.84 bits per heavy atom. The second-order valence-corrected chi connectivity index (χ2v) is 8.08. The molecule has 4 rings (SSSR count). The maximum absolute atomic E-state index is 13.3. The van der Waals surface area contributed by atoms with Gasteiger partial charge in [-0.05, 0) is 48.2 Å². The van der Waals surface area contributed by atoms with Crippen molar-refractivity contribution in [1.29, 1.82) is 0 Å². The zero-order valence-electron chi connectivity index (χ0n) is 17.4. The molecule has 6 nitrogen and oxygen atoms in total. The first-order valence-electron chi connectivity index (χ1n) is 10.0. The molecule has 0 aliphatic carbocycles. The van der Waals surface area contributed by atoms with E-state index in [2.05, 4.69) is 5.32 Å². The number of amides is 2. The molecule has 2 amide bonds. The number of nitrogens with zero attached hydrogens (tertiary/aromatic N) is 1. The van der Waals surface area contributed by atoms with Crippen molar-refractivity contribution in [3.8, 4) is 11.5 Å². The van der Waals surface area contributed by atoms with Crippen LogP contribution < -0.4 is 19.7 Å². The van der Waals surface area contributed by atoms with E-state index in [1.165, 1.54) is 11.3 Å². The van der Waals surface area contributed by atoms with Crippen LogP contribution >= 0.6 is 11.3 Å². The van der Waals surface area contributed by atoms with Crippen LogP contribution in [-0.4, -0.2) is 26.0 Å². The molecule has 1 fully saturated rings. The van der Waals surface area contributed by atoms with Crippen molar-refractivity contribution in [2.45, 2.75) is 18.9 Å². The van der Waals surface area contributed by atoms with Crippen molar-refractivity contribution in [3.05, 3.63) is 70.9 Å². The molecule has 7 heteroatoms. The number of thiophene rings is 1. The van der Waals surface area contributed by atoms with Gasteiger partial charge in [-0.2, -0.15) is 11.3 Å². The number of hydrogen-bond donors (Lipinski definition) is 1. The maximum Gasteiger partial charge on any atom is 0.229 e. The molecule has 1 aliphatic rings. The normalized spacial score (nSPS) is 18.5. The number of piperidine rings is 1. The lowest BCUT2D eigenvalue weighted by atomic mass is 9.82. The number of nitrogens with one attached hydrogen (secondary N) is 1. The minimum Gasteiger partial charge on any atom is -0.497 e. The topological polar surface area (TPSA) is 67.9 Å². The zero-order chi connectivity index (χ0) is 21.8. The molecule has 0 radical (unpaired) electrons. The summed E-state index contributed by atoms with van der Waals surface area (Å²) >= 11 is 1.52. The molecule has 2 atom stereocenters. The molecule has 2 heterocycles. The van der Waals surface area contributed by atoms with Gasteiger partial charge in [0, 0.05) is 23.1 Å². The number of methoxy groups -OCH3 is 2. The molecule has 1 aliphatic heterocycles. The first-order chi connectivity index (χ1) is 15.1. The van der Waals surface area contributed by atoms with E-state index < -0.39 is 12.0 Å². The molecule has 1 saturated heterocycles. The summed E-state index contributed by atoms with van der Waals surface area (Å²) in [5, 5.41) is 6.82. The molecular formula is C24H24N2O4S. The average molecular weight is 437 g/mol. The summed E-state index contributed by atoms with van der Waals surface area (Å²) in [7, 11) is 3.20. The van der Waals surface area contributed by atoms with Gasteiger partial charge in [0.2, 0.25) is 11.8 Å². The van der Waals surface area contributed by atoms with E-state index >= 15 is 0 Å². The fraction of sp³-hybridized carbons (Fsp3) is 0.250. The molecule has 2 aromatic carbocycles. The Balaban J connectivity index is 1.78. The quantitative estimate of drug-likeness (QED) is 0.598. The van der Waals surface area contributed by atoms with Gasteiger partial charge in [0.1, 0.15) is 11.5 Å². The number of rotatable bonds is 6. The van der Waals surface area contributed by atoms with E-state index in [0.29, 0.717) is 24.3 Å². The standard InChI is InChI=1S/C24H24N2O4S/c1-29-18-9-7-17(8-10-18)26-22(27)12-11-20(24(28)25-16-13-14-31-15-16)23(26)19-5-3-4-6-21(19)30-2/h3-10,13-15,20,23H,11-12H2,1-2H3,(H,25,28). The number of para-hydroxylation sites is 1.